The minimum absolute atomic E-state index is 0.0861. The van der Waals surface area contributed by atoms with Crippen molar-refractivity contribution in [1.82, 2.24) is 24.8 Å². The topological polar surface area (TPSA) is 147 Å². The summed E-state index contributed by atoms with van der Waals surface area (Å²) in [5.41, 5.74) is 7.16. The van der Waals surface area contributed by atoms with Crippen LogP contribution < -0.4 is 15.8 Å². The number of alkyl halides is 2. The summed E-state index contributed by atoms with van der Waals surface area (Å²) in [6.07, 6.45) is 6.89. The third-order valence-electron chi connectivity index (χ3n) is 4.22. The number of nitrogens with zero attached hydrogens (tertiary/aromatic N) is 4. The van der Waals surface area contributed by atoms with Crippen molar-refractivity contribution in [2.45, 2.75) is 6.61 Å². The van der Waals surface area contributed by atoms with E-state index in [-0.39, 0.29) is 39.5 Å². The fourth-order valence-corrected chi connectivity index (χ4v) is 2.88. The van der Waals surface area contributed by atoms with E-state index in [4.69, 9.17) is 11.1 Å². The highest BCUT2D eigenvalue weighted by molar-refractivity contribution is 6.09. The molecule has 12 heteroatoms. The average molecular weight is 412 g/mol. The third-order valence-corrected chi connectivity index (χ3v) is 4.22. The predicted octanol–water partition coefficient (Wildman–Crippen LogP) is 2.55. The number of aromatic nitrogens is 5. The molecule has 0 spiro atoms. The Balaban J connectivity index is 1.73. The van der Waals surface area contributed by atoms with Gasteiger partial charge in [0.1, 0.15) is 17.0 Å². The molecular weight excluding hydrogens is 398 g/mol. The first kappa shape index (κ1) is 19.0. The number of halogens is 2. The van der Waals surface area contributed by atoms with Crippen LogP contribution in [-0.4, -0.2) is 43.5 Å². The van der Waals surface area contributed by atoms with Gasteiger partial charge in [0, 0.05) is 47.7 Å². The van der Waals surface area contributed by atoms with Gasteiger partial charge in [0.15, 0.2) is 5.65 Å². The van der Waals surface area contributed by atoms with Crippen LogP contribution in [0.1, 0.15) is 15.9 Å². The Kier molecular flexibility index (Phi) is 4.80. The number of aromatic amines is 1. The number of nitrogens with two attached hydrogens (primary N) is 1. The molecule has 3 aromatic heterocycles. The number of rotatable bonds is 6. The number of nitrogens with one attached hydrogen (secondary N) is 3. The maximum atomic E-state index is 12.9. The molecule has 0 saturated carbocycles. The van der Waals surface area contributed by atoms with Crippen LogP contribution in [0.3, 0.4) is 0 Å². The highest BCUT2D eigenvalue weighted by Gasteiger charge is 2.21. The molecule has 30 heavy (non-hydrogen) atoms. The van der Waals surface area contributed by atoms with Gasteiger partial charge in [0.2, 0.25) is 0 Å². The SMILES string of the molecule is N=Cc1cc(-c2n[nH]cc2NC(=O)c2cnn3cccnc23)c(OC(F)F)cc1N. The number of amides is 1. The van der Waals surface area contributed by atoms with E-state index in [2.05, 4.69) is 30.3 Å². The van der Waals surface area contributed by atoms with Crippen LogP contribution in [0.15, 0.2) is 43.0 Å². The van der Waals surface area contributed by atoms with Crippen molar-refractivity contribution >= 4 is 29.1 Å². The summed E-state index contributed by atoms with van der Waals surface area (Å²) in [6.45, 7) is -3.10. The molecule has 4 rings (SSSR count). The van der Waals surface area contributed by atoms with Gasteiger partial charge < -0.3 is 21.2 Å². The zero-order valence-corrected chi connectivity index (χ0v) is 15.1. The average Bonchev–Trinajstić information content (AvgIpc) is 3.34. The Hall–Kier alpha value is -4.35. The molecule has 0 atom stereocenters. The van der Waals surface area contributed by atoms with Crippen LogP contribution in [0.4, 0.5) is 20.2 Å². The van der Waals surface area contributed by atoms with Crippen LogP contribution in [0, 0.1) is 5.41 Å². The standard InChI is InChI=1S/C18H14F2N8O2/c19-18(20)30-14-5-12(22)9(6-21)4-10(14)15-13(8-24-27-15)26-17(29)11-7-25-28-3-1-2-23-16(11)28/h1-8,18,21H,22H2,(H,24,27)(H,26,29). The number of nitrogen functional groups attached to an aromatic ring is 1. The zero-order chi connectivity index (χ0) is 21.3. The normalized spacial score (nSPS) is 11.0. The molecule has 5 N–H and O–H groups in total. The number of benzene rings is 1. The molecule has 0 radical (unpaired) electrons. The number of H-pyrrole nitrogens is 1. The minimum Gasteiger partial charge on any atom is -0.434 e. The number of hydrogen-bond donors (Lipinski definition) is 4. The van der Waals surface area contributed by atoms with Crippen molar-refractivity contribution in [2.24, 2.45) is 0 Å². The highest BCUT2D eigenvalue weighted by Crippen LogP contribution is 2.37. The second kappa shape index (κ2) is 7.58. The Labute approximate surface area is 167 Å². The maximum absolute atomic E-state index is 12.9. The molecule has 0 saturated heterocycles. The molecule has 0 aliphatic carbocycles. The minimum atomic E-state index is -3.10. The lowest BCUT2D eigenvalue weighted by molar-refractivity contribution is -0.0494. The molecular formula is C18H14F2N8O2. The summed E-state index contributed by atoms with van der Waals surface area (Å²) in [4.78, 5) is 16.9. The summed E-state index contributed by atoms with van der Waals surface area (Å²) < 4.78 is 31.8. The van der Waals surface area contributed by atoms with Crippen molar-refractivity contribution in [3.8, 4) is 17.0 Å². The first-order valence-electron chi connectivity index (χ1n) is 8.50. The Bertz CT molecular complexity index is 1250. The van der Waals surface area contributed by atoms with E-state index in [1.54, 1.807) is 12.3 Å². The first-order valence-corrected chi connectivity index (χ1v) is 8.50. The molecule has 0 aliphatic heterocycles. The van der Waals surface area contributed by atoms with E-state index in [9.17, 15) is 13.6 Å². The number of carbonyl (C=O) groups excluding carboxylic acids is 1. The van der Waals surface area contributed by atoms with Crippen molar-refractivity contribution in [1.29, 1.82) is 5.41 Å². The van der Waals surface area contributed by atoms with Crippen LogP contribution >= 0.6 is 0 Å². The highest BCUT2D eigenvalue weighted by atomic mass is 19.3. The van der Waals surface area contributed by atoms with Gasteiger partial charge in [-0.05, 0) is 12.1 Å². The van der Waals surface area contributed by atoms with Crippen LogP contribution in [0.5, 0.6) is 5.75 Å². The van der Waals surface area contributed by atoms with E-state index in [0.717, 1.165) is 6.21 Å². The van der Waals surface area contributed by atoms with Gasteiger partial charge >= 0.3 is 6.61 Å². The monoisotopic (exact) mass is 412 g/mol. The summed E-state index contributed by atoms with van der Waals surface area (Å²) in [7, 11) is 0. The van der Waals surface area contributed by atoms with E-state index in [0.29, 0.717) is 5.65 Å². The molecule has 0 fully saturated rings. The van der Waals surface area contributed by atoms with Crippen LogP contribution in [-0.2, 0) is 0 Å². The van der Waals surface area contributed by atoms with Gasteiger partial charge in [-0.1, -0.05) is 0 Å². The number of anilines is 2. The molecule has 1 aromatic carbocycles. The summed E-state index contributed by atoms with van der Waals surface area (Å²) >= 11 is 0. The van der Waals surface area contributed by atoms with Gasteiger partial charge in [-0.25, -0.2) is 9.50 Å². The summed E-state index contributed by atoms with van der Waals surface area (Å²) in [5, 5.41) is 20.8. The summed E-state index contributed by atoms with van der Waals surface area (Å²) in [5.74, 6) is -0.765. The van der Waals surface area contributed by atoms with E-state index in [1.807, 2.05) is 0 Å². The Morgan fingerprint density at radius 1 is 1.40 bits per heavy atom. The van der Waals surface area contributed by atoms with E-state index in [1.165, 1.54) is 35.2 Å². The van der Waals surface area contributed by atoms with Crippen molar-refractivity contribution in [3.05, 3.63) is 54.1 Å². The quantitative estimate of drug-likeness (QED) is 0.283. The number of hydrogen-bond acceptors (Lipinski definition) is 7. The lowest BCUT2D eigenvalue weighted by atomic mass is 10.0. The third kappa shape index (κ3) is 3.41. The Morgan fingerprint density at radius 2 is 2.23 bits per heavy atom. The second-order valence-corrected chi connectivity index (χ2v) is 6.05. The predicted molar refractivity (Wildman–Crippen MR) is 104 cm³/mol. The van der Waals surface area contributed by atoms with Gasteiger partial charge in [0.25, 0.3) is 5.91 Å². The van der Waals surface area contributed by atoms with Gasteiger partial charge in [-0.2, -0.15) is 19.0 Å². The summed E-state index contributed by atoms with van der Waals surface area (Å²) in [6, 6.07) is 4.22. The molecule has 0 bridgehead atoms. The van der Waals surface area contributed by atoms with E-state index < -0.39 is 12.5 Å². The molecule has 4 aromatic rings. The fourth-order valence-electron chi connectivity index (χ4n) is 2.88. The van der Waals surface area contributed by atoms with E-state index >= 15 is 0 Å². The molecule has 0 unspecified atom stereocenters. The second-order valence-electron chi connectivity index (χ2n) is 6.05. The zero-order valence-electron chi connectivity index (χ0n) is 15.1. The van der Waals surface area contributed by atoms with Crippen LogP contribution in [0.2, 0.25) is 0 Å². The number of ether oxygens (including phenoxy) is 1. The van der Waals surface area contributed by atoms with Crippen molar-refractivity contribution in [2.75, 3.05) is 11.1 Å². The molecule has 10 nitrogen and oxygen atoms in total. The van der Waals surface area contributed by atoms with Gasteiger partial charge in [-0.3, -0.25) is 9.89 Å². The molecule has 0 aliphatic rings. The number of carbonyl (C=O) groups is 1. The molecule has 1 amide bonds. The molecule has 3 heterocycles. The Morgan fingerprint density at radius 3 is 3.00 bits per heavy atom. The van der Waals surface area contributed by atoms with Crippen molar-refractivity contribution in [3.63, 3.8) is 0 Å². The fraction of sp³-hybridized carbons (Fsp3) is 0.0556. The first-order chi connectivity index (χ1) is 14.5. The van der Waals surface area contributed by atoms with Gasteiger partial charge in [-0.15, -0.1) is 0 Å². The van der Waals surface area contributed by atoms with Crippen molar-refractivity contribution < 1.29 is 18.3 Å². The molecule has 152 valence electrons. The largest absolute Gasteiger partial charge is 0.434 e. The smallest absolute Gasteiger partial charge is 0.387 e. The van der Waals surface area contributed by atoms with Crippen LogP contribution in [0.25, 0.3) is 16.9 Å². The number of fused-ring (bicyclic) bond motifs is 1. The lowest BCUT2D eigenvalue weighted by Gasteiger charge is -2.13. The maximum Gasteiger partial charge on any atom is 0.387 e. The lowest BCUT2D eigenvalue weighted by Crippen LogP contribution is -2.12. The van der Waals surface area contributed by atoms with Gasteiger partial charge in [0.05, 0.1) is 11.9 Å².